The number of aryl methyl sites for hydroxylation is 1. The van der Waals surface area contributed by atoms with E-state index in [-0.39, 0.29) is 11.9 Å². The molecule has 8 heteroatoms. The number of guanidine groups is 1. The van der Waals surface area contributed by atoms with Gasteiger partial charge in [-0.2, -0.15) is 0 Å². The molecule has 0 saturated carbocycles. The summed E-state index contributed by atoms with van der Waals surface area (Å²) in [5.74, 6) is 1.37. The summed E-state index contributed by atoms with van der Waals surface area (Å²) in [6.07, 6.45) is 7.19. The Hall–Kier alpha value is -2.77. The normalized spacial score (nSPS) is 18.2. The molecule has 2 aliphatic heterocycles. The molecule has 34 heavy (non-hydrogen) atoms. The third kappa shape index (κ3) is 5.83. The van der Waals surface area contributed by atoms with Gasteiger partial charge in [0.25, 0.3) is 5.91 Å². The fourth-order valence-electron chi connectivity index (χ4n) is 4.94. The molecule has 1 aromatic rings. The van der Waals surface area contributed by atoms with E-state index in [0.717, 1.165) is 56.9 Å². The highest BCUT2D eigenvalue weighted by atomic mass is 16.5. The SMILES string of the molecule is CCCCC1(CCCC)N=C(N)N(CC2CCN(C(=O)Nc3cc(C)ccc3OC)CC2)C1=O. The van der Waals surface area contributed by atoms with Crippen LogP contribution in [-0.4, -0.2) is 60.0 Å². The van der Waals surface area contributed by atoms with Crippen molar-refractivity contribution in [2.24, 2.45) is 16.6 Å². The van der Waals surface area contributed by atoms with Crippen molar-refractivity contribution in [2.45, 2.75) is 77.7 Å². The zero-order chi connectivity index (χ0) is 24.7. The molecule has 3 amide bonds. The molecule has 0 spiro atoms. The van der Waals surface area contributed by atoms with Gasteiger partial charge < -0.3 is 20.7 Å². The Kier molecular flexibility index (Phi) is 8.80. The Morgan fingerprint density at radius 1 is 1.21 bits per heavy atom. The molecular weight excluding hydrogens is 430 g/mol. The van der Waals surface area contributed by atoms with Gasteiger partial charge in [-0.1, -0.05) is 45.6 Å². The Labute approximate surface area is 203 Å². The Balaban J connectivity index is 1.56. The standard InChI is InChI=1S/C26H41N5O3/c1-5-7-13-26(14-8-6-2)23(32)31(24(27)29-26)18-20-11-15-30(16-12-20)25(33)28-21-17-19(3)9-10-22(21)34-4/h9-10,17,20H,5-8,11-16,18H2,1-4H3,(H2,27,29)(H,28,33). The predicted octanol–water partition coefficient (Wildman–Crippen LogP) is 4.52. The van der Waals surface area contributed by atoms with E-state index in [0.29, 0.717) is 42.9 Å². The topological polar surface area (TPSA) is 100 Å². The van der Waals surface area contributed by atoms with Crippen molar-refractivity contribution in [3.63, 3.8) is 0 Å². The highest BCUT2D eigenvalue weighted by molar-refractivity contribution is 6.06. The van der Waals surface area contributed by atoms with Crippen LogP contribution in [0.15, 0.2) is 23.2 Å². The van der Waals surface area contributed by atoms with Crippen molar-refractivity contribution in [1.82, 2.24) is 9.80 Å². The second-order valence-electron chi connectivity index (χ2n) is 9.69. The third-order valence-corrected chi connectivity index (χ3v) is 7.08. The van der Waals surface area contributed by atoms with Gasteiger partial charge in [0, 0.05) is 19.6 Å². The second-order valence-corrected chi connectivity index (χ2v) is 9.69. The van der Waals surface area contributed by atoms with Gasteiger partial charge in [0.2, 0.25) is 0 Å². The minimum absolute atomic E-state index is 0.0682. The van der Waals surface area contributed by atoms with Gasteiger partial charge in [-0.3, -0.25) is 9.69 Å². The predicted molar refractivity (Wildman–Crippen MR) is 136 cm³/mol. The number of ether oxygens (including phenoxy) is 1. The maximum atomic E-state index is 13.4. The summed E-state index contributed by atoms with van der Waals surface area (Å²) in [5.41, 5.74) is 7.33. The first-order valence-electron chi connectivity index (χ1n) is 12.7. The first-order valence-corrected chi connectivity index (χ1v) is 12.7. The number of piperidine rings is 1. The van der Waals surface area contributed by atoms with E-state index in [1.807, 2.05) is 30.0 Å². The van der Waals surface area contributed by atoms with Crippen molar-refractivity contribution < 1.29 is 14.3 Å². The van der Waals surface area contributed by atoms with Gasteiger partial charge in [-0.15, -0.1) is 0 Å². The van der Waals surface area contributed by atoms with Gasteiger partial charge >= 0.3 is 6.03 Å². The van der Waals surface area contributed by atoms with E-state index in [1.54, 1.807) is 12.0 Å². The number of nitrogens with zero attached hydrogens (tertiary/aromatic N) is 3. The quantitative estimate of drug-likeness (QED) is 0.524. The minimum atomic E-state index is -0.677. The number of hydrogen-bond donors (Lipinski definition) is 2. The number of nitrogens with two attached hydrogens (primary N) is 1. The van der Waals surface area contributed by atoms with E-state index in [1.165, 1.54) is 0 Å². The van der Waals surface area contributed by atoms with Crippen LogP contribution in [0.2, 0.25) is 0 Å². The van der Waals surface area contributed by atoms with Crippen LogP contribution in [0.3, 0.4) is 0 Å². The number of benzene rings is 1. The summed E-state index contributed by atoms with van der Waals surface area (Å²) in [5, 5.41) is 2.98. The van der Waals surface area contributed by atoms with Crippen molar-refractivity contribution in [2.75, 3.05) is 32.1 Å². The first kappa shape index (κ1) is 25.8. The van der Waals surface area contributed by atoms with Crippen molar-refractivity contribution in [1.29, 1.82) is 0 Å². The van der Waals surface area contributed by atoms with Gasteiger partial charge in [-0.25, -0.2) is 9.79 Å². The number of nitrogens with one attached hydrogen (secondary N) is 1. The molecule has 3 rings (SSSR count). The fourth-order valence-corrected chi connectivity index (χ4v) is 4.94. The molecule has 1 aromatic carbocycles. The largest absolute Gasteiger partial charge is 0.495 e. The lowest BCUT2D eigenvalue weighted by Gasteiger charge is -2.34. The molecular formula is C26H41N5O3. The average Bonchev–Trinajstić information content (AvgIpc) is 3.06. The maximum Gasteiger partial charge on any atom is 0.321 e. The van der Waals surface area contributed by atoms with E-state index >= 15 is 0 Å². The Morgan fingerprint density at radius 2 is 1.85 bits per heavy atom. The zero-order valence-corrected chi connectivity index (χ0v) is 21.2. The molecule has 0 aromatic heterocycles. The van der Waals surface area contributed by atoms with E-state index < -0.39 is 5.54 Å². The molecule has 3 N–H and O–H groups in total. The second kappa shape index (κ2) is 11.6. The molecule has 0 bridgehead atoms. The van der Waals surface area contributed by atoms with Crippen molar-refractivity contribution in [3.8, 4) is 5.75 Å². The third-order valence-electron chi connectivity index (χ3n) is 7.08. The van der Waals surface area contributed by atoms with Gasteiger partial charge in [-0.05, 0) is 56.2 Å². The lowest BCUT2D eigenvalue weighted by Crippen LogP contribution is -2.48. The summed E-state index contributed by atoms with van der Waals surface area (Å²) in [4.78, 5) is 34.5. The molecule has 1 saturated heterocycles. The number of rotatable bonds is 10. The van der Waals surface area contributed by atoms with Gasteiger partial charge in [0.15, 0.2) is 5.96 Å². The number of amides is 3. The Morgan fingerprint density at radius 3 is 2.44 bits per heavy atom. The maximum absolute atomic E-state index is 13.4. The van der Waals surface area contributed by atoms with Crippen LogP contribution in [0.5, 0.6) is 5.75 Å². The molecule has 8 nitrogen and oxygen atoms in total. The van der Waals surface area contributed by atoms with Gasteiger partial charge in [0.1, 0.15) is 11.3 Å². The van der Waals surface area contributed by atoms with Crippen LogP contribution < -0.4 is 15.8 Å². The molecule has 0 atom stereocenters. The van der Waals surface area contributed by atoms with E-state index in [2.05, 4.69) is 19.2 Å². The van der Waals surface area contributed by atoms with Crippen molar-refractivity contribution in [3.05, 3.63) is 23.8 Å². The summed E-state index contributed by atoms with van der Waals surface area (Å²) >= 11 is 0. The van der Waals surface area contributed by atoms with Gasteiger partial charge in [0.05, 0.1) is 12.8 Å². The summed E-state index contributed by atoms with van der Waals surface area (Å²) in [7, 11) is 1.60. The lowest BCUT2D eigenvalue weighted by atomic mass is 9.87. The van der Waals surface area contributed by atoms with Crippen LogP contribution in [0.25, 0.3) is 0 Å². The summed E-state index contributed by atoms with van der Waals surface area (Å²) in [6, 6.07) is 5.60. The molecule has 2 aliphatic rings. The molecule has 0 radical (unpaired) electrons. The Bertz CT molecular complexity index is 884. The minimum Gasteiger partial charge on any atom is -0.495 e. The number of aliphatic imine (C=N–C) groups is 1. The van der Waals surface area contributed by atoms with Crippen LogP contribution >= 0.6 is 0 Å². The number of carbonyl (C=O) groups is 2. The number of hydrogen-bond acceptors (Lipinski definition) is 5. The molecule has 188 valence electrons. The zero-order valence-electron chi connectivity index (χ0n) is 21.2. The van der Waals surface area contributed by atoms with Crippen molar-refractivity contribution >= 4 is 23.6 Å². The molecule has 0 unspecified atom stereocenters. The van der Waals surface area contributed by atoms with Crippen LogP contribution in [0.1, 0.15) is 70.8 Å². The summed E-state index contributed by atoms with van der Waals surface area (Å²) < 4.78 is 5.37. The highest BCUT2D eigenvalue weighted by Crippen LogP contribution is 2.34. The molecule has 1 fully saturated rings. The van der Waals surface area contributed by atoms with E-state index in [4.69, 9.17) is 15.5 Å². The number of carbonyl (C=O) groups excluding carboxylic acids is 2. The van der Waals surface area contributed by atoms with Crippen LogP contribution in [0.4, 0.5) is 10.5 Å². The highest BCUT2D eigenvalue weighted by Gasteiger charge is 2.47. The number of methoxy groups -OCH3 is 1. The fraction of sp³-hybridized carbons (Fsp3) is 0.654. The monoisotopic (exact) mass is 471 g/mol. The number of unbranched alkanes of at least 4 members (excludes halogenated alkanes) is 2. The van der Waals surface area contributed by atoms with E-state index in [9.17, 15) is 9.59 Å². The summed E-state index contributed by atoms with van der Waals surface area (Å²) in [6.45, 7) is 8.11. The van der Waals surface area contributed by atoms with Crippen LogP contribution in [-0.2, 0) is 4.79 Å². The number of urea groups is 1. The number of likely N-dealkylation sites (tertiary alicyclic amines) is 1. The smallest absolute Gasteiger partial charge is 0.321 e. The molecule has 0 aliphatic carbocycles. The van der Waals surface area contributed by atoms with Crippen LogP contribution in [0, 0.1) is 12.8 Å². The lowest BCUT2D eigenvalue weighted by molar-refractivity contribution is -0.132. The molecule has 2 heterocycles. The number of anilines is 1. The average molecular weight is 472 g/mol. The first-order chi connectivity index (χ1) is 16.3.